The van der Waals surface area contributed by atoms with E-state index in [0.29, 0.717) is 41.9 Å². The molecule has 10 heteroatoms. The van der Waals surface area contributed by atoms with Crippen molar-refractivity contribution in [3.05, 3.63) is 65.0 Å². The summed E-state index contributed by atoms with van der Waals surface area (Å²) in [7, 11) is -3.86. The minimum atomic E-state index is -3.86. The third kappa shape index (κ3) is 4.70. The van der Waals surface area contributed by atoms with Crippen molar-refractivity contribution >= 4 is 21.7 Å². The number of carbonyl (C=O) groups excluding carboxylic acids is 1. The number of rotatable bonds is 6. The summed E-state index contributed by atoms with van der Waals surface area (Å²) in [5.74, 6) is 0.958. The second kappa shape index (κ2) is 8.91. The van der Waals surface area contributed by atoms with Crippen molar-refractivity contribution in [3.8, 4) is 11.5 Å². The summed E-state index contributed by atoms with van der Waals surface area (Å²) >= 11 is 0. The third-order valence-electron chi connectivity index (χ3n) is 4.93. The molecule has 1 aliphatic heterocycles. The maximum absolute atomic E-state index is 12.8. The number of anilines is 1. The Kier molecular flexibility index (Phi) is 6.04. The van der Waals surface area contributed by atoms with Gasteiger partial charge in [-0.05, 0) is 50.2 Å². The van der Waals surface area contributed by atoms with Crippen LogP contribution in [-0.4, -0.2) is 32.8 Å². The summed E-state index contributed by atoms with van der Waals surface area (Å²) in [6, 6.07) is 10.4. The summed E-state index contributed by atoms with van der Waals surface area (Å²) < 4.78 is 49.5. The highest BCUT2D eigenvalue weighted by molar-refractivity contribution is 7.92. The van der Waals surface area contributed by atoms with Crippen LogP contribution in [0.25, 0.3) is 0 Å². The lowest BCUT2D eigenvalue weighted by Crippen LogP contribution is -2.13. The Balaban J connectivity index is 1.42. The minimum Gasteiger partial charge on any atom is -0.490 e. The van der Waals surface area contributed by atoms with Crippen LogP contribution in [0.15, 0.2) is 51.9 Å². The zero-order chi connectivity index (χ0) is 22.7. The zero-order valence-electron chi connectivity index (χ0n) is 17.6. The van der Waals surface area contributed by atoms with Gasteiger partial charge in [0.15, 0.2) is 11.5 Å². The monoisotopic (exact) mass is 458 g/mol. The van der Waals surface area contributed by atoms with Crippen molar-refractivity contribution < 1.29 is 31.9 Å². The molecule has 0 atom stereocenters. The molecular weight excluding hydrogens is 436 g/mol. The SMILES string of the molecule is Cc1noc(C)c1COC(=O)c1ccc(NS(=O)(=O)c2ccc3c(c2)OCCCO3)cc1. The Morgan fingerprint density at radius 2 is 1.78 bits per heavy atom. The number of esters is 1. The quantitative estimate of drug-likeness (QED) is 0.557. The topological polar surface area (TPSA) is 117 Å². The molecule has 2 aromatic carbocycles. The van der Waals surface area contributed by atoms with Crippen molar-refractivity contribution in [1.82, 2.24) is 5.16 Å². The van der Waals surface area contributed by atoms with Crippen molar-refractivity contribution in [2.24, 2.45) is 0 Å². The lowest BCUT2D eigenvalue weighted by molar-refractivity contribution is 0.0471. The number of benzene rings is 2. The molecular formula is C22H22N2O7S. The Morgan fingerprint density at radius 3 is 2.47 bits per heavy atom. The fraction of sp³-hybridized carbons (Fsp3) is 0.273. The van der Waals surface area contributed by atoms with Crippen LogP contribution in [0.4, 0.5) is 5.69 Å². The molecule has 0 radical (unpaired) electrons. The van der Waals surface area contributed by atoms with Crippen molar-refractivity contribution in [1.29, 1.82) is 0 Å². The number of hydrogen-bond donors (Lipinski definition) is 1. The average molecular weight is 458 g/mol. The van der Waals surface area contributed by atoms with Gasteiger partial charge in [-0.15, -0.1) is 0 Å². The van der Waals surface area contributed by atoms with Gasteiger partial charge < -0.3 is 18.7 Å². The van der Waals surface area contributed by atoms with Gasteiger partial charge >= 0.3 is 5.97 Å². The van der Waals surface area contributed by atoms with E-state index in [4.69, 9.17) is 18.7 Å². The van der Waals surface area contributed by atoms with E-state index in [0.717, 1.165) is 12.0 Å². The fourth-order valence-electron chi connectivity index (χ4n) is 3.13. The number of carbonyl (C=O) groups is 1. The predicted molar refractivity (Wildman–Crippen MR) is 114 cm³/mol. The van der Waals surface area contributed by atoms with Gasteiger partial charge in [-0.1, -0.05) is 5.16 Å². The maximum Gasteiger partial charge on any atom is 0.338 e. The highest BCUT2D eigenvalue weighted by Gasteiger charge is 2.19. The first-order chi connectivity index (χ1) is 15.3. The standard InChI is InChI=1S/C22H22N2O7S/c1-14-19(15(2)31-23-14)13-30-22(25)16-4-6-17(7-5-16)24-32(26,27)18-8-9-20-21(12-18)29-11-3-10-28-20/h4-9,12,24H,3,10-11,13H2,1-2H3. The zero-order valence-corrected chi connectivity index (χ0v) is 18.4. The Bertz CT molecular complexity index is 1210. The normalized spacial score (nSPS) is 13.3. The molecule has 32 heavy (non-hydrogen) atoms. The highest BCUT2D eigenvalue weighted by atomic mass is 32.2. The molecule has 0 bridgehead atoms. The first kappa shape index (κ1) is 21.7. The van der Waals surface area contributed by atoms with Crippen molar-refractivity contribution in [2.75, 3.05) is 17.9 Å². The van der Waals surface area contributed by atoms with Crippen LogP contribution in [0.2, 0.25) is 0 Å². The van der Waals surface area contributed by atoms with E-state index in [2.05, 4.69) is 9.88 Å². The summed E-state index contributed by atoms with van der Waals surface area (Å²) in [6.07, 6.45) is 0.724. The molecule has 2 heterocycles. The molecule has 1 aromatic heterocycles. The van der Waals surface area contributed by atoms with Gasteiger partial charge in [0.05, 0.1) is 34.9 Å². The summed E-state index contributed by atoms with van der Waals surface area (Å²) in [4.78, 5) is 12.4. The van der Waals surface area contributed by atoms with Crippen LogP contribution >= 0.6 is 0 Å². The molecule has 0 saturated heterocycles. The van der Waals surface area contributed by atoms with Gasteiger partial charge in [0.1, 0.15) is 12.4 Å². The van der Waals surface area contributed by atoms with Gasteiger partial charge in [0.2, 0.25) is 0 Å². The minimum absolute atomic E-state index is 0.0402. The van der Waals surface area contributed by atoms with E-state index in [-0.39, 0.29) is 17.1 Å². The van der Waals surface area contributed by atoms with Crippen molar-refractivity contribution in [2.45, 2.75) is 31.8 Å². The van der Waals surface area contributed by atoms with Crippen LogP contribution in [0, 0.1) is 13.8 Å². The molecule has 0 fully saturated rings. The smallest absolute Gasteiger partial charge is 0.338 e. The first-order valence-corrected chi connectivity index (χ1v) is 11.4. The molecule has 3 aromatic rings. The molecule has 0 saturated carbocycles. The van der Waals surface area contributed by atoms with E-state index in [1.807, 2.05) is 0 Å². The van der Waals surface area contributed by atoms with Crippen LogP contribution in [0.5, 0.6) is 11.5 Å². The van der Waals surface area contributed by atoms with Gasteiger partial charge in [0.25, 0.3) is 10.0 Å². The second-order valence-electron chi connectivity index (χ2n) is 7.22. The maximum atomic E-state index is 12.8. The molecule has 0 amide bonds. The molecule has 0 spiro atoms. The summed E-state index contributed by atoms with van der Waals surface area (Å²) in [5.41, 5.74) is 1.97. The Hall–Kier alpha value is -3.53. The highest BCUT2D eigenvalue weighted by Crippen LogP contribution is 2.32. The average Bonchev–Trinajstić information content (AvgIpc) is 2.96. The predicted octanol–water partition coefficient (Wildman–Crippen LogP) is 3.61. The molecule has 9 nitrogen and oxygen atoms in total. The van der Waals surface area contributed by atoms with E-state index in [1.54, 1.807) is 19.9 Å². The summed E-state index contributed by atoms with van der Waals surface area (Å²) in [6.45, 7) is 4.53. The van der Waals surface area contributed by atoms with Gasteiger partial charge in [0, 0.05) is 18.2 Å². The number of fused-ring (bicyclic) bond motifs is 1. The molecule has 1 N–H and O–H groups in total. The largest absolute Gasteiger partial charge is 0.490 e. The third-order valence-corrected chi connectivity index (χ3v) is 6.31. The number of hydrogen-bond acceptors (Lipinski definition) is 8. The van der Waals surface area contributed by atoms with Crippen LogP contribution in [0.1, 0.15) is 33.8 Å². The Labute approximate surface area is 185 Å². The number of nitrogens with one attached hydrogen (secondary N) is 1. The number of ether oxygens (including phenoxy) is 3. The number of aromatic nitrogens is 1. The van der Waals surface area contributed by atoms with E-state index in [1.165, 1.54) is 36.4 Å². The van der Waals surface area contributed by atoms with Gasteiger partial charge in [-0.25, -0.2) is 13.2 Å². The van der Waals surface area contributed by atoms with E-state index >= 15 is 0 Å². The van der Waals surface area contributed by atoms with E-state index < -0.39 is 16.0 Å². The number of sulfonamides is 1. The molecule has 0 aliphatic carbocycles. The van der Waals surface area contributed by atoms with Crippen LogP contribution < -0.4 is 14.2 Å². The molecule has 1 aliphatic rings. The summed E-state index contributed by atoms with van der Waals surface area (Å²) in [5, 5.41) is 3.82. The fourth-order valence-corrected chi connectivity index (χ4v) is 4.20. The molecule has 4 rings (SSSR count). The lowest BCUT2D eigenvalue weighted by Gasteiger charge is -2.12. The van der Waals surface area contributed by atoms with Gasteiger partial charge in [-0.2, -0.15) is 0 Å². The molecule has 0 unspecified atom stereocenters. The number of nitrogens with zero attached hydrogens (tertiary/aromatic N) is 1. The second-order valence-corrected chi connectivity index (χ2v) is 8.90. The first-order valence-electron chi connectivity index (χ1n) is 9.95. The lowest BCUT2D eigenvalue weighted by atomic mass is 10.2. The van der Waals surface area contributed by atoms with Crippen LogP contribution in [0.3, 0.4) is 0 Å². The van der Waals surface area contributed by atoms with E-state index in [9.17, 15) is 13.2 Å². The Morgan fingerprint density at radius 1 is 1.06 bits per heavy atom. The molecule has 168 valence electrons. The van der Waals surface area contributed by atoms with Crippen molar-refractivity contribution in [3.63, 3.8) is 0 Å². The van der Waals surface area contributed by atoms with Gasteiger partial charge in [-0.3, -0.25) is 4.72 Å². The van der Waals surface area contributed by atoms with Crippen LogP contribution in [-0.2, 0) is 21.4 Å². The number of aryl methyl sites for hydroxylation is 2.